The van der Waals surface area contributed by atoms with Gasteiger partial charge >= 0.3 is 5.97 Å². The maximum absolute atomic E-state index is 11.6. The number of benzene rings is 1. The highest BCUT2D eigenvalue weighted by Gasteiger charge is 2.65. The Bertz CT molecular complexity index is 747. The highest BCUT2D eigenvalue weighted by molar-refractivity contribution is 5.76. The predicted octanol–water partition coefficient (Wildman–Crippen LogP) is 1.55. The lowest BCUT2D eigenvalue weighted by molar-refractivity contribution is -0.143. The molecule has 1 N–H and O–H groups in total. The maximum Gasteiger partial charge on any atom is 0.310 e. The molecule has 2 fully saturated rings. The van der Waals surface area contributed by atoms with E-state index in [2.05, 4.69) is 0 Å². The molecule has 5 nitrogen and oxygen atoms in total. The number of carbonyl (C=O) groups excluding carboxylic acids is 1. The van der Waals surface area contributed by atoms with Gasteiger partial charge in [-0.1, -0.05) is 42.0 Å². The van der Waals surface area contributed by atoms with Gasteiger partial charge in [0.25, 0.3) is 0 Å². The summed E-state index contributed by atoms with van der Waals surface area (Å²) in [6, 6.07) is 8.09. The highest BCUT2D eigenvalue weighted by Crippen LogP contribution is 2.55. The lowest BCUT2D eigenvalue weighted by atomic mass is 9.76. The second kappa shape index (κ2) is 4.82. The molecular weight excluding hydrogens is 294 g/mol. The van der Waals surface area contributed by atoms with Gasteiger partial charge in [0.15, 0.2) is 0 Å². The van der Waals surface area contributed by atoms with Crippen LogP contribution in [0.1, 0.15) is 11.1 Å². The molecule has 3 heterocycles. The van der Waals surface area contributed by atoms with Gasteiger partial charge in [-0.15, -0.1) is 0 Å². The van der Waals surface area contributed by atoms with E-state index >= 15 is 0 Å². The Kier molecular flexibility index (Phi) is 2.98. The fourth-order valence-corrected chi connectivity index (χ4v) is 4.09. The Hall–Kier alpha value is -2.36. The van der Waals surface area contributed by atoms with Crippen molar-refractivity contribution >= 4 is 11.9 Å². The van der Waals surface area contributed by atoms with Crippen molar-refractivity contribution in [2.45, 2.75) is 25.2 Å². The zero-order valence-electron chi connectivity index (χ0n) is 12.7. The highest BCUT2D eigenvalue weighted by atomic mass is 16.5. The molecule has 118 valence electrons. The molecule has 0 aliphatic carbocycles. The molecule has 0 amide bonds. The summed E-state index contributed by atoms with van der Waals surface area (Å²) in [6.45, 7) is 3.07. The van der Waals surface area contributed by atoms with Crippen LogP contribution in [-0.4, -0.2) is 40.2 Å². The van der Waals surface area contributed by atoms with Gasteiger partial charge in [0.2, 0.25) is 0 Å². The molecule has 2 bridgehead atoms. The molecule has 4 atom stereocenters. The van der Waals surface area contributed by atoms with Gasteiger partial charge in [-0.2, -0.15) is 0 Å². The van der Waals surface area contributed by atoms with Crippen LogP contribution in [0.5, 0.6) is 0 Å². The van der Waals surface area contributed by atoms with E-state index in [9.17, 15) is 14.7 Å². The first-order chi connectivity index (χ1) is 11.0. The minimum atomic E-state index is -0.920. The third-order valence-electron chi connectivity index (χ3n) is 5.12. The number of aliphatic carboxylic acids is 1. The molecule has 1 aromatic carbocycles. The van der Waals surface area contributed by atoms with E-state index in [0.29, 0.717) is 18.8 Å². The Balaban J connectivity index is 1.67. The van der Waals surface area contributed by atoms with E-state index in [1.54, 1.807) is 0 Å². The fraction of sp³-hybridized carbons (Fsp3) is 0.389. The van der Waals surface area contributed by atoms with Crippen LogP contribution < -0.4 is 0 Å². The molecular formula is C18H17NO4. The van der Waals surface area contributed by atoms with Crippen molar-refractivity contribution in [3.8, 4) is 0 Å². The summed E-state index contributed by atoms with van der Waals surface area (Å²) < 4.78 is 5.94. The molecule has 4 unspecified atom stereocenters. The van der Waals surface area contributed by atoms with Gasteiger partial charge in [0.1, 0.15) is 17.2 Å². The Morgan fingerprint density at radius 2 is 2.17 bits per heavy atom. The molecule has 1 spiro atoms. The van der Waals surface area contributed by atoms with Gasteiger partial charge < -0.3 is 14.7 Å². The molecule has 4 rings (SSSR count). The lowest BCUT2D eigenvalue weighted by Gasteiger charge is -2.22. The number of nitrogens with zero attached hydrogens (tertiary/aromatic N) is 1. The Labute approximate surface area is 133 Å². The molecule has 1 aromatic rings. The number of hydrogen-bond acceptors (Lipinski definition) is 4. The average molecular weight is 311 g/mol. The second-order valence-electron chi connectivity index (χ2n) is 6.57. The van der Waals surface area contributed by atoms with Crippen molar-refractivity contribution in [2.75, 3.05) is 6.54 Å². The molecule has 5 heteroatoms. The smallest absolute Gasteiger partial charge is 0.310 e. The quantitative estimate of drug-likeness (QED) is 0.678. The van der Waals surface area contributed by atoms with Crippen molar-refractivity contribution in [2.24, 2.45) is 11.8 Å². The number of carboxylic acids is 1. The summed E-state index contributed by atoms with van der Waals surface area (Å²) in [7, 11) is 0. The number of ether oxygens (including phenoxy) is 1. The first kappa shape index (κ1) is 14.2. The van der Waals surface area contributed by atoms with Gasteiger partial charge in [-0.25, -0.2) is 4.79 Å². The van der Waals surface area contributed by atoms with E-state index in [-0.39, 0.29) is 0 Å². The average Bonchev–Trinajstić information content (AvgIpc) is 3.14. The molecule has 3 aliphatic rings. The number of aryl methyl sites for hydroxylation is 1. The van der Waals surface area contributed by atoms with Crippen molar-refractivity contribution in [3.63, 3.8) is 0 Å². The van der Waals surface area contributed by atoms with Crippen molar-refractivity contribution in [1.29, 1.82) is 0 Å². The summed E-state index contributed by atoms with van der Waals surface area (Å²) in [4.78, 5) is 25.1. The zero-order chi connectivity index (χ0) is 16.2. The first-order valence-corrected chi connectivity index (χ1v) is 7.69. The maximum atomic E-state index is 11.6. The van der Waals surface area contributed by atoms with Gasteiger partial charge in [-0.05, 0) is 12.5 Å². The van der Waals surface area contributed by atoms with Crippen LogP contribution in [0.3, 0.4) is 0 Å². The van der Waals surface area contributed by atoms with E-state index in [1.165, 1.54) is 5.56 Å². The molecule has 0 aromatic heterocycles. The minimum absolute atomic E-state index is 0.421. The molecule has 0 saturated carbocycles. The number of fused-ring (bicyclic) bond motifs is 1. The van der Waals surface area contributed by atoms with Crippen LogP contribution >= 0.6 is 0 Å². The predicted molar refractivity (Wildman–Crippen MR) is 82.2 cm³/mol. The third-order valence-corrected chi connectivity index (χ3v) is 5.12. The largest absolute Gasteiger partial charge is 0.481 e. The van der Waals surface area contributed by atoms with E-state index in [1.807, 2.05) is 54.2 Å². The summed E-state index contributed by atoms with van der Waals surface area (Å²) in [5.41, 5.74) is 1.98. The van der Waals surface area contributed by atoms with E-state index in [0.717, 1.165) is 5.56 Å². The first-order valence-electron chi connectivity index (χ1n) is 7.69. The summed E-state index contributed by atoms with van der Waals surface area (Å²) >= 11 is 0. The summed E-state index contributed by atoms with van der Waals surface area (Å²) in [5, 5.41) is 9.52. The van der Waals surface area contributed by atoms with Crippen molar-refractivity contribution < 1.29 is 19.4 Å². The number of rotatable bonds is 3. The van der Waals surface area contributed by atoms with Crippen LogP contribution in [0, 0.1) is 18.8 Å². The minimum Gasteiger partial charge on any atom is -0.481 e. The number of carbonyl (C=O) groups is 1. The van der Waals surface area contributed by atoms with Crippen LogP contribution in [0.2, 0.25) is 0 Å². The SMILES string of the molecule is Cc1ccc(CN2CC34C=CC(O3)C(C(=O)O)C4C2=C=O)cc1. The van der Waals surface area contributed by atoms with Crippen molar-refractivity contribution in [1.82, 2.24) is 4.90 Å². The van der Waals surface area contributed by atoms with E-state index < -0.39 is 29.5 Å². The molecule has 3 aliphatic heterocycles. The monoisotopic (exact) mass is 311 g/mol. The fourth-order valence-electron chi connectivity index (χ4n) is 4.09. The second-order valence-corrected chi connectivity index (χ2v) is 6.57. The van der Waals surface area contributed by atoms with Crippen LogP contribution in [0.15, 0.2) is 42.1 Å². The van der Waals surface area contributed by atoms with Crippen molar-refractivity contribution in [3.05, 3.63) is 53.2 Å². The van der Waals surface area contributed by atoms with Crippen LogP contribution in [0.4, 0.5) is 0 Å². The number of likely N-dealkylation sites (tertiary alicyclic amines) is 1. The van der Waals surface area contributed by atoms with Crippen LogP contribution in [0.25, 0.3) is 0 Å². The Morgan fingerprint density at radius 3 is 2.83 bits per heavy atom. The van der Waals surface area contributed by atoms with E-state index in [4.69, 9.17) is 4.74 Å². The topological polar surface area (TPSA) is 66.8 Å². The van der Waals surface area contributed by atoms with Gasteiger partial charge in [0, 0.05) is 6.54 Å². The summed E-state index contributed by atoms with van der Waals surface area (Å²) in [5.74, 6) is -0.0785. The Morgan fingerprint density at radius 1 is 1.43 bits per heavy atom. The molecule has 23 heavy (non-hydrogen) atoms. The van der Waals surface area contributed by atoms with Crippen LogP contribution in [-0.2, 0) is 20.9 Å². The molecule has 2 saturated heterocycles. The zero-order valence-corrected chi connectivity index (χ0v) is 12.7. The van der Waals surface area contributed by atoms with Gasteiger partial charge in [-0.3, -0.25) is 4.79 Å². The third kappa shape index (κ3) is 1.97. The lowest BCUT2D eigenvalue weighted by Crippen LogP contribution is -2.36. The summed E-state index contributed by atoms with van der Waals surface area (Å²) in [6.07, 6.45) is 3.30. The standard InChI is InChI=1S/C18H17NO4/c1-11-2-4-12(5-3-11)8-19-10-18-7-6-14(23-18)15(17(21)22)16(18)13(19)9-20/h2-7,14-16H,8,10H2,1H3,(H,21,22). The number of hydrogen-bond donors (Lipinski definition) is 1. The normalized spacial score (nSPS) is 33.9. The van der Waals surface area contributed by atoms with Gasteiger partial charge in [0.05, 0.1) is 24.5 Å². The number of carboxylic acid groups (broad SMARTS) is 1. The molecule has 0 radical (unpaired) electrons.